The summed E-state index contributed by atoms with van der Waals surface area (Å²) in [6.45, 7) is 2.04. The summed E-state index contributed by atoms with van der Waals surface area (Å²) in [5.41, 5.74) is 0.743. The largest absolute Gasteiger partial charge is 0.418 e. The Morgan fingerprint density at radius 1 is 1.19 bits per heavy atom. The van der Waals surface area contributed by atoms with Crippen LogP contribution < -0.4 is 5.32 Å². The van der Waals surface area contributed by atoms with Crippen LogP contribution in [0, 0.1) is 0 Å². The normalized spacial score (nSPS) is 17.6. The summed E-state index contributed by atoms with van der Waals surface area (Å²) in [6.07, 6.45) is -2.02. The molecule has 27 heavy (non-hydrogen) atoms. The summed E-state index contributed by atoms with van der Waals surface area (Å²) in [7, 11) is 0. The minimum absolute atomic E-state index is 0.0366. The van der Waals surface area contributed by atoms with Crippen molar-refractivity contribution in [2.45, 2.75) is 19.5 Å². The smallest absolute Gasteiger partial charge is 0.300 e. The summed E-state index contributed by atoms with van der Waals surface area (Å²) in [6, 6.07) is 11.0. The third-order valence-electron chi connectivity index (χ3n) is 3.82. The molecule has 1 heterocycles. The van der Waals surface area contributed by atoms with E-state index in [9.17, 15) is 18.0 Å². The van der Waals surface area contributed by atoms with Crippen LogP contribution in [0.5, 0.6) is 0 Å². The van der Waals surface area contributed by atoms with Crippen LogP contribution in [0.4, 0.5) is 18.9 Å². The van der Waals surface area contributed by atoms with Gasteiger partial charge in [-0.05, 0) is 53.6 Å². The van der Waals surface area contributed by atoms with E-state index in [-0.39, 0.29) is 15.9 Å². The molecular weight excluding hydrogens is 397 g/mol. The van der Waals surface area contributed by atoms with Crippen molar-refractivity contribution in [3.8, 4) is 0 Å². The molecule has 3 rings (SSSR count). The Morgan fingerprint density at radius 3 is 2.52 bits per heavy atom. The molecule has 8 heteroatoms. The number of thioether (sulfide) groups is 1. The molecule has 1 N–H and O–H groups in total. The molecule has 0 unspecified atom stereocenters. The fourth-order valence-electron chi connectivity index (χ4n) is 2.42. The third-order valence-corrected chi connectivity index (χ3v) is 4.97. The van der Waals surface area contributed by atoms with E-state index in [0.29, 0.717) is 4.91 Å². The lowest BCUT2D eigenvalue weighted by Gasteiger charge is -2.10. The second-order valence-electron chi connectivity index (χ2n) is 5.74. The summed E-state index contributed by atoms with van der Waals surface area (Å²) in [5, 5.41) is 2.54. The summed E-state index contributed by atoms with van der Waals surface area (Å²) in [5.74, 6) is -0.402. The molecule has 1 amide bonds. The van der Waals surface area contributed by atoms with Gasteiger partial charge in [0.05, 0.1) is 16.2 Å². The van der Waals surface area contributed by atoms with Crippen LogP contribution in [0.3, 0.4) is 0 Å². The van der Waals surface area contributed by atoms with Crippen molar-refractivity contribution >= 4 is 46.2 Å². The van der Waals surface area contributed by atoms with Crippen LogP contribution in [0.1, 0.15) is 23.6 Å². The van der Waals surface area contributed by atoms with E-state index in [2.05, 4.69) is 10.3 Å². The summed E-state index contributed by atoms with van der Waals surface area (Å²) < 4.78 is 39.5. The van der Waals surface area contributed by atoms with Gasteiger partial charge in [-0.2, -0.15) is 13.2 Å². The predicted octanol–water partition coefficient (Wildman–Crippen LogP) is 5.81. The molecule has 0 spiro atoms. The molecule has 140 valence electrons. The Labute approximate surface area is 163 Å². The van der Waals surface area contributed by atoms with Crippen molar-refractivity contribution in [1.29, 1.82) is 0 Å². The van der Waals surface area contributed by atoms with Gasteiger partial charge in [-0.1, -0.05) is 42.8 Å². The number of halogens is 4. The first-order valence-corrected chi connectivity index (χ1v) is 9.21. The number of carbonyl (C=O) groups is 1. The average molecular weight is 411 g/mol. The molecule has 1 aliphatic heterocycles. The topological polar surface area (TPSA) is 41.5 Å². The van der Waals surface area contributed by atoms with Gasteiger partial charge in [-0.3, -0.25) is 4.79 Å². The number of aryl methyl sites for hydroxylation is 1. The SMILES string of the molecule is CCc1ccc(/C=C2\SC(=Nc3ccc(Cl)cc3C(F)(F)F)NC2=O)cc1. The quantitative estimate of drug-likeness (QED) is 0.648. The Hall–Kier alpha value is -2.25. The van der Waals surface area contributed by atoms with Crippen molar-refractivity contribution < 1.29 is 18.0 Å². The molecule has 1 saturated heterocycles. The van der Waals surface area contributed by atoms with Crippen LogP contribution in [0.2, 0.25) is 5.02 Å². The van der Waals surface area contributed by atoms with Gasteiger partial charge in [0.15, 0.2) is 5.17 Å². The molecule has 2 aromatic rings. The molecule has 1 fully saturated rings. The first-order valence-electron chi connectivity index (χ1n) is 8.01. The van der Waals surface area contributed by atoms with Gasteiger partial charge in [0.2, 0.25) is 0 Å². The van der Waals surface area contributed by atoms with Gasteiger partial charge in [0, 0.05) is 5.02 Å². The number of amidine groups is 1. The summed E-state index contributed by atoms with van der Waals surface area (Å²) in [4.78, 5) is 16.4. The number of alkyl halides is 3. The maximum absolute atomic E-state index is 13.2. The van der Waals surface area contributed by atoms with E-state index in [4.69, 9.17) is 11.6 Å². The first kappa shape index (κ1) is 19.5. The Morgan fingerprint density at radius 2 is 1.89 bits per heavy atom. The summed E-state index contributed by atoms with van der Waals surface area (Å²) >= 11 is 6.66. The van der Waals surface area contributed by atoms with Crippen molar-refractivity contribution in [2.75, 3.05) is 0 Å². The molecule has 0 bridgehead atoms. The second-order valence-corrected chi connectivity index (χ2v) is 7.20. The maximum Gasteiger partial charge on any atom is 0.418 e. The highest BCUT2D eigenvalue weighted by Gasteiger charge is 2.34. The number of hydrogen-bond acceptors (Lipinski definition) is 3. The lowest BCUT2D eigenvalue weighted by molar-refractivity contribution is -0.137. The monoisotopic (exact) mass is 410 g/mol. The number of aliphatic imine (C=N–C) groups is 1. The van der Waals surface area contributed by atoms with E-state index in [1.807, 2.05) is 31.2 Å². The number of carbonyl (C=O) groups excluding carboxylic acids is 1. The van der Waals surface area contributed by atoms with Gasteiger partial charge < -0.3 is 5.32 Å². The highest BCUT2D eigenvalue weighted by molar-refractivity contribution is 8.18. The van der Waals surface area contributed by atoms with E-state index < -0.39 is 17.6 Å². The van der Waals surface area contributed by atoms with Gasteiger partial charge in [-0.25, -0.2) is 4.99 Å². The molecule has 3 nitrogen and oxygen atoms in total. The van der Waals surface area contributed by atoms with Gasteiger partial charge >= 0.3 is 6.18 Å². The molecule has 0 saturated carbocycles. The molecule has 2 aromatic carbocycles. The van der Waals surface area contributed by atoms with E-state index in [1.165, 1.54) is 17.7 Å². The van der Waals surface area contributed by atoms with E-state index >= 15 is 0 Å². The van der Waals surface area contributed by atoms with Gasteiger partial charge in [-0.15, -0.1) is 0 Å². The van der Waals surface area contributed by atoms with Crippen molar-refractivity contribution in [1.82, 2.24) is 5.32 Å². The first-order chi connectivity index (χ1) is 12.8. The van der Waals surface area contributed by atoms with Crippen LogP contribution in [-0.4, -0.2) is 11.1 Å². The van der Waals surface area contributed by atoms with Gasteiger partial charge in [0.25, 0.3) is 5.91 Å². The van der Waals surface area contributed by atoms with Crippen LogP contribution in [-0.2, 0) is 17.4 Å². The second kappa shape index (κ2) is 7.78. The third kappa shape index (κ3) is 4.73. The fraction of sp³-hybridized carbons (Fsp3) is 0.158. The zero-order valence-electron chi connectivity index (χ0n) is 14.1. The minimum atomic E-state index is -4.60. The highest BCUT2D eigenvalue weighted by atomic mass is 35.5. The fourth-order valence-corrected chi connectivity index (χ4v) is 3.43. The Balaban J connectivity index is 1.88. The van der Waals surface area contributed by atoms with Crippen molar-refractivity contribution in [2.24, 2.45) is 4.99 Å². The van der Waals surface area contributed by atoms with Gasteiger partial charge in [0.1, 0.15) is 0 Å². The van der Waals surface area contributed by atoms with Crippen molar-refractivity contribution in [3.63, 3.8) is 0 Å². The highest BCUT2D eigenvalue weighted by Crippen LogP contribution is 2.39. The van der Waals surface area contributed by atoms with Crippen LogP contribution in [0.15, 0.2) is 52.4 Å². The number of hydrogen-bond donors (Lipinski definition) is 1. The zero-order valence-corrected chi connectivity index (χ0v) is 15.7. The molecule has 0 aliphatic carbocycles. The zero-order chi connectivity index (χ0) is 19.6. The number of benzene rings is 2. The molecule has 1 aliphatic rings. The minimum Gasteiger partial charge on any atom is -0.300 e. The number of amides is 1. The average Bonchev–Trinajstić information content (AvgIpc) is 2.95. The maximum atomic E-state index is 13.2. The van der Waals surface area contributed by atoms with E-state index in [1.54, 1.807) is 6.08 Å². The molecule has 0 atom stereocenters. The lowest BCUT2D eigenvalue weighted by atomic mass is 10.1. The van der Waals surface area contributed by atoms with E-state index in [0.717, 1.165) is 29.8 Å². The molecule has 0 aromatic heterocycles. The lowest BCUT2D eigenvalue weighted by Crippen LogP contribution is -2.19. The molecule has 0 radical (unpaired) electrons. The Bertz CT molecular complexity index is 937. The van der Waals surface area contributed by atoms with Crippen LogP contribution in [0.25, 0.3) is 6.08 Å². The number of nitrogens with zero attached hydrogens (tertiary/aromatic N) is 1. The number of nitrogens with one attached hydrogen (secondary N) is 1. The number of rotatable bonds is 3. The Kier molecular flexibility index (Phi) is 5.62. The molecular formula is C19H14ClF3N2OS. The standard InChI is InChI=1S/C19H14ClF3N2OS/c1-2-11-3-5-12(6-4-11)9-16-17(26)25-18(27-16)24-15-8-7-13(20)10-14(15)19(21,22)23/h3-10H,2H2,1H3,(H,24,25,26)/b16-9-. The van der Waals surface area contributed by atoms with Crippen LogP contribution >= 0.6 is 23.4 Å². The van der Waals surface area contributed by atoms with Crippen molar-refractivity contribution in [3.05, 3.63) is 69.1 Å². The predicted molar refractivity (Wildman–Crippen MR) is 103 cm³/mol.